The number of hydrogen-bond acceptors (Lipinski definition) is 8. The molecule has 1 aliphatic carbocycles. The first kappa shape index (κ1) is 30.9. The fourth-order valence-electron chi connectivity index (χ4n) is 6.86. The average Bonchev–Trinajstić information content (AvgIpc) is 3.71. The molecule has 0 spiro atoms. The Morgan fingerprint density at radius 1 is 1.04 bits per heavy atom. The van der Waals surface area contributed by atoms with E-state index in [0.717, 1.165) is 66.7 Å². The van der Waals surface area contributed by atoms with Crippen molar-refractivity contribution in [3.05, 3.63) is 89.9 Å². The molecule has 1 aromatic carbocycles. The van der Waals surface area contributed by atoms with Crippen molar-refractivity contribution in [2.45, 2.75) is 57.9 Å². The van der Waals surface area contributed by atoms with Gasteiger partial charge in [0.15, 0.2) is 0 Å². The van der Waals surface area contributed by atoms with Crippen molar-refractivity contribution >= 4 is 11.7 Å². The minimum absolute atomic E-state index is 0.00369. The topological polar surface area (TPSA) is 136 Å². The number of nitrogens with one attached hydrogen (secondary N) is 1. The summed E-state index contributed by atoms with van der Waals surface area (Å²) in [5.74, 6) is 1.56. The number of nitriles is 2. The number of nitrogens with zero attached hydrogens (tertiary/aromatic N) is 8. The van der Waals surface area contributed by atoms with Gasteiger partial charge in [0.1, 0.15) is 23.3 Å². The SMILES string of the molecule is Cn1cc(-c2ccc(C(C(=O)NCc3ccccc3)C3CCC(Cc4ncc(C#N)c(N5CCC(C)(C#N)C5)n4)CC3)nc2)cn1. The van der Waals surface area contributed by atoms with Gasteiger partial charge in [-0.05, 0) is 62.5 Å². The van der Waals surface area contributed by atoms with E-state index in [0.29, 0.717) is 36.9 Å². The van der Waals surface area contributed by atoms with Crippen LogP contribution in [0.25, 0.3) is 11.1 Å². The van der Waals surface area contributed by atoms with E-state index in [1.807, 2.05) is 75.0 Å². The van der Waals surface area contributed by atoms with Crippen LogP contribution >= 0.6 is 0 Å². The number of carbonyl (C=O) groups is 1. The van der Waals surface area contributed by atoms with Gasteiger partial charge in [-0.1, -0.05) is 36.4 Å². The van der Waals surface area contributed by atoms with Gasteiger partial charge in [-0.25, -0.2) is 9.97 Å². The largest absolute Gasteiger partial charge is 0.354 e. The number of amides is 1. The van der Waals surface area contributed by atoms with Crippen LogP contribution in [0, 0.1) is 39.9 Å². The third-order valence-electron chi connectivity index (χ3n) is 9.55. The maximum absolute atomic E-state index is 13.8. The minimum Gasteiger partial charge on any atom is -0.354 e. The number of aryl methyl sites for hydroxylation is 1. The summed E-state index contributed by atoms with van der Waals surface area (Å²) < 4.78 is 1.77. The lowest BCUT2D eigenvalue weighted by atomic mass is 9.73. The second-order valence-electron chi connectivity index (χ2n) is 13.0. The van der Waals surface area contributed by atoms with Crippen LogP contribution in [0.3, 0.4) is 0 Å². The minimum atomic E-state index is -0.436. The van der Waals surface area contributed by atoms with Crippen LogP contribution in [0.4, 0.5) is 5.82 Å². The van der Waals surface area contributed by atoms with E-state index in [2.05, 4.69) is 32.4 Å². The highest BCUT2D eigenvalue weighted by Crippen LogP contribution is 2.40. The normalized spacial score (nSPS) is 21.7. The third kappa shape index (κ3) is 6.92. The number of aromatic nitrogens is 5. The lowest BCUT2D eigenvalue weighted by molar-refractivity contribution is -0.124. The van der Waals surface area contributed by atoms with Crippen LogP contribution in [0.2, 0.25) is 0 Å². The zero-order valence-electron chi connectivity index (χ0n) is 26.4. The van der Waals surface area contributed by atoms with Gasteiger partial charge in [0.05, 0.1) is 35.5 Å². The Bertz CT molecular complexity index is 1750. The number of hydrogen-bond donors (Lipinski definition) is 1. The van der Waals surface area contributed by atoms with Crippen LogP contribution in [0.15, 0.2) is 67.3 Å². The lowest BCUT2D eigenvalue weighted by Gasteiger charge is -2.33. The molecule has 4 aromatic rings. The molecule has 10 nitrogen and oxygen atoms in total. The quantitative estimate of drug-likeness (QED) is 0.267. The molecule has 1 N–H and O–H groups in total. The Hall–Kier alpha value is -5.09. The fraction of sp³-hybridized carbons (Fsp3) is 0.417. The summed E-state index contributed by atoms with van der Waals surface area (Å²) in [6, 6.07) is 18.6. The molecule has 1 saturated heterocycles. The standard InChI is InChI=1S/C36H39N9O/c1-36(23-38)14-15-45(24-36)34-29(17-37)20-40-32(43-34)16-25-8-10-27(11-9-25)33(35(46)41-18-26-6-4-3-5-7-26)31-13-12-28(19-39-31)30-21-42-44(2)22-30/h3-7,12-13,19-22,25,27,33H,8-11,14-16,18,24H2,1-2H3,(H,41,46). The highest BCUT2D eigenvalue weighted by molar-refractivity contribution is 5.83. The van der Waals surface area contributed by atoms with Crippen LogP contribution in [0.1, 0.15) is 67.6 Å². The molecule has 2 unspecified atom stereocenters. The van der Waals surface area contributed by atoms with Gasteiger partial charge in [-0.2, -0.15) is 15.6 Å². The molecule has 1 saturated carbocycles. The Kier molecular flexibility index (Phi) is 9.07. The number of carbonyl (C=O) groups excluding carboxylic acids is 1. The first-order chi connectivity index (χ1) is 22.3. The fourth-order valence-corrected chi connectivity index (χ4v) is 6.86. The molecule has 234 valence electrons. The molecule has 4 heterocycles. The van der Waals surface area contributed by atoms with E-state index >= 15 is 0 Å². The van der Waals surface area contributed by atoms with E-state index in [1.165, 1.54) is 0 Å². The first-order valence-corrected chi connectivity index (χ1v) is 16.0. The molecule has 10 heteroatoms. The maximum atomic E-state index is 13.8. The predicted octanol–water partition coefficient (Wildman–Crippen LogP) is 5.33. The monoisotopic (exact) mass is 613 g/mol. The van der Waals surface area contributed by atoms with Gasteiger partial charge in [-0.15, -0.1) is 0 Å². The van der Waals surface area contributed by atoms with Crippen LogP contribution in [0.5, 0.6) is 0 Å². The molecule has 2 atom stereocenters. The number of rotatable bonds is 9. The molecular weight excluding hydrogens is 574 g/mol. The number of anilines is 1. The zero-order chi connectivity index (χ0) is 32.1. The Balaban J connectivity index is 1.15. The molecule has 0 radical (unpaired) electrons. The Morgan fingerprint density at radius 2 is 1.85 bits per heavy atom. The first-order valence-electron chi connectivity index (χ1n) is 16.0. The maximum Gasteiger partial charge on any atom is 0.229 e. The Labute approximate surface area is 270 Å². The molecular formula is C36H39N9O. The molecule has 6 rings (SSSR count). The summed E-state index contributed by atoms with van der Waals surface area (Å²) in [6.45, 7) is 3.69. The van der Waals surface area contributed by atoms with Crippen LogP contribution in [-0.2, 0) is 24.8 Å². The summed E-state index contributed by atoms with van der Waals surface area (Å²) >= 11 is 0. The summed E-state index contributed by atoms with van der Waals surface area (Å²) in [4.78, 5) is 30.1. The molecule has 3 aromatic heterocycles. The van der Waals surface area contributed by atoms with Crippen molar-refractivity contribution in [3.63, 3.8) is 0 Å². The summed E-state index contributed by atoms with van der Waals surface area (Å²) in [5, 5.41) is 26.8. The van der Waals surface area contributed by atoms with Gasteiger partial charge in [-0.3, -0.25) is 14.5 Å². The van der Waals surface area contributed by atoms with Gasteiger partial charge in [0.25, 0.3) is 0 Å². The molecule has 0 bridgehead atoms. The van der Waals surface area contributed by atoms with E-state index in [4.69, 9.17) is 9.97 Å². The second-order valence-corrected chi connectivity index (χ2v) is 13.0. The molecule has 2 fully saturated rings. The smallest absolute Gasteiger partial charge is 0.229 e. The van der Waals surface area contributed by atoms with Crippen LogP contribution in [-0.4, -0.2) is 43.7 Å². The summed E-state index contributed by atoms with van der Waals surface area (Å²) in [5.41, 5.74) is 3.82. The highest BCUT2D eigenvalue weighted by atomic mass is 16.1. The summed E-state index contributed by atoms with van der Waals surface area (Å²) in [6.07, 6.45) is 12.4. The van der Waals surface area contributed by atoms with Gasteiger partial charge in [0.2, 0.25) is 5.91 Å². The Morgan fingerprint density at radius 3 is 2.50 bits per heavy atom. The highest BCUT2D eigenvalue weighted by Gasteiger charge is 2.37. The van der Waals surface area contributed by atoms with Gasteiger partial charge < -0.3 is 10.2 Å². The van der Waals surface area contributed by atoms with Crippen molar-refractivity contribution < 1.29 is 4.79 Å². The van der Waals surface area contributed by atoms with Gasteiger partial charge >= 0.3 is 0 Å². The zero-order valence-corrected chi connectivity index (χ0v) is 26.4. The molecule has 1 aliphatic heterocycles. The van der Waals surface area contributed by atoms with Crippen molar-refractivity contribution in [2.75, 3.05) is 18.0 Å². The van der Waals surface area contributed by atoms with E-state index in [-0.39, 0.29) is 17.7 Å². The van der Waals surface area contributed by atoms with Crippen molar-refractivity contribution in [2.24, 2.45) is 24.3 Å². The van der Waals surface area contributed by atoms with E-state index in [1.54, 1.807) is 10.9 Å². The van der Waals surface area contributed by atoms with E-state index < -0.39 is 5.41 Å². The number of benzene rings is 1. The lowest BCUT2D eigenvalue weighted by Crippen LogP contribution is -2.35. The van der Waals surface area contributed by atoms with E-state index in [9.17, 15) is 15.3 Å². The second kappa shape index (κ2) is 13.5. The van der Waals surface area contributed by atoms with Gasteiger partial charge in [0, 0.05) is 56.6 Å². The van der Waals surface area contributed by atoms with Crippen molar-refractivity contribution in [1.82, 2.24) is 30.0 Å². The molecule has 46 heavy (non-hydrogen) atoms. The molecule has 2 aliphatic rings. The summed E-state index contributed by atoms with van der Waals surface area (Å²) in [7, 11) is 1.89. The van der Waals surface area contributed by atoms with Crippen molar-refractivity contribution in [3.8, 4) is 23.3 Å². The van der Waals surface area contributed by atoms with Crippen molar-refractivity contribution in [1.29, 1.82) is 10.5 Å². The molecule has 1 amide bonds. The predicted molar refractivity (Wildman–Crippen MR) is 174 cm³/mol. The average molecular weight is 614 g/mol. The third-order valence-corrected chi connectivity index (χ3v) is 9.55. The number of pyridine rings is 1. The van der Waals surface area contributed by atoms with Crippen LogP contribution < -0.4 is 10.2 Å².